The molecule has 1 amide bonds. The molecule has 1 aliphatic rings. The molecule has 1 aliphatic heterocycles. The molecule has 1 atom stereocenters. The van der Waals surface area contributed by atoms with Gasteiger partial charge in [-0.3, -0.25) is 19.8 Å². The lowest BCUT2D eigenvalue weighted by molar-refractivity contribution is -0.384. The van der Waals surface area contributed by atoms with Crippen molar-refractivity contribution in [2.24, 2.45) is 0 Å². The molecule has 8 nitrogen and oxygen atoms in total. The number of benzene rings is 2. The van der Waals surface area contributed by atoms with Crippen LogP contribution in [0.25, 0.3) is 0 Å². The van der Waals surface area contributed by atoms with Crippen molar-refractivity contribution in [2.45, 2.75) is 13.0 Å². The lowest BCUT2D eigenvalue weighted by Gasteiger charge is -2.36. The molecule has 1 heterocycles. The van der Waals surface area contributed by atoms with E-state index in [0.717, 1.165) is 17.9 Å². The molecular weight excluding hydrogens is 360 g/mol. The number of nitro benzene ring substituents is 1. The molecular formula is C20H24N4O4. The van der Waals surface area contributed by atoms with Crippen LogP contribution in [-0.4, -0.2) is 49.0 Å². The number of nitrogens with zero attached hydrogens (tertiary/aromatic N) is 2. The summed E-state index contributed by atoms with van der Waals surface area (Å²) >= 11 is 0. The zero-order chi connectivity index (χ0) is 20.1. The Morgan fingerprint density at radius 2 is 2.11 bits per heavy atom. The Bertz CT molecular complexity index is 871. The molecule has 0 aromatic heterocycles. The highest BCUT2D eigenvalue weighted by Gasteiger charge is 2.28. The van der Waals surface area contributed by atoms with E-state index in [-0.39, 0.29) is 29.9 Å². The van der Waals surface area contributed by atoms with Crippen LogP contribution in [0.4, 0.5) is 11.4 Å². The van der Waals surface area contributed by atoms with Crippen molar-refractivity contribution >= 4 is 17.3 Å². The van der Waals surface area contributed by atoms with Crippen LogP contribution in [0.1, 0.15) is 17.2 Å². The highest BCUT2D eigenvalue weighted by molar-refractivity contribution is 5.95. The molecule has 2 aromatic rings. The minimum Gasteiger partial charge on any atom is -0.496 e. The molecule has 2 aromatic carbocycles. The third-order valence-electron chi connectivity index (χ3n) is 4.91. The second-order valence-electron chi connectivity index (χ2n) is 6.71. The van der Waals surface area contributed by atoms with Gasteiger partial charge in [0.1, 0.15) is 11.4 Å². The minimum atomic E-state index is -0.481. The van der Waals surface area contributed by atoms with E-state index in [9.17, 15) is 14.9 Å². The number of methoxy groups -OCH3 is 1. The maximum Gasteiger partial charge on any atom is 0.293 e. The summed E-state index contributed by atoms with van der Waals surface area (Å²) in [5.74, 6) is 0.496. The fraction of sp³-hybridized carbons (Fsp3) is 0.350. The lowest BCUT2D eigenvalue weighted by Crippen LogP contribution is -2.48. The molecule has 28 heavy (non-hydrogen) atoms. The number of para-hydroxylation sites is 2. The van der Waals surface area contributed by atoms with Gasteiger partial charge >= 0.3 is 0 Å². The fourth-order valence-electron chi connectivity index (χ4n) is 3.51. The Kier molecular flexibility index (Phi) is 6.23. The van der Waals surface area contributed by atoms with E-state index in [4.69, 9.17) is 4.74 Å². The summed E-state index contributed by atoms with van der Waals surface area (Å²) < 4.78 is 5.48. The number of ether oxygens (including phenoxy) is 1. The number of carbonyl (C=O) groups excluding carboxylic acids is 1. The van der Waals surface area contributed by atoms with Gasteiger partial charge in [0.25, 0.3) is 5.69 Å². The number of nitrogens with one attached hydrogen (secondary N) is 2. The van der Waals surface area contributed by atoms with E-state index in [1.807, 2.05) is 24.3 Å². The normalized spacial score (nSPS) is 17.1. The molecule has 1 fully saturated rings. The monoisotopic (exact) mass is 384 g/mol. The quantitative estimate of drug-likeness (QED) is 0.587. The van der Waals surface area contributed by atoms with Crippen molar-refractivity contribution in [3.63, 3.8) is 0 Å². The van der Waals surface area contributed by atoms with Crippen LogP contribution in [0.5, 0.6) is 5.75 Å². The molecule has 2 N–H and O–H groups in total. The first-order valence-corrected chi connectivity index (χ1v) is 9.12. The van der Waals surface area contributed by atoms with Crippen molar-refractivity contribution in [2.75, 3.05) is 38.6 Å². The molecule has 8 heteroatoms. The van der Waals surface area contributed by atoms with Gasteiger partial charge in [0.05, 0.1) is 24.6 Å². The van der Waals surface area contributed by atoms with Crippen molar-refractivity contribution in [1.82, 2.24) is 10.2 Å². The zero-order valence-electron chi connectivity index (χ0n) is 16.0. The van der Waals surface area contributed by atoms with Gasteiger partial charge in [0.2, 0.25) is 5.91 Å². The highest BCUT2D eigenvalue weighted by atomic mass is 16.6. The summed E-state index contributed by atoms with van der Waals surface area (Å²) in [6.07, 6.45) is 0. The van der Waals surface area contributed by atoms with Crippen molar-refractivity contribution in [3.8, 4) is 5.75 Å². The van der Waals surface area contributed by atoms with Gasteiger partial charge in [0.15, 0.2) is 0 Å². The first kappa shape index (κ1) is 19.8. The van der Waals surface area contributed by atoms with E-state index >= 15 is 0 Å². The van der Waals surface area contributed by atoms with Crippen molar-refractivity contribution in [3.05, 3.63) is 63.7 Å². The fourth-order valence-corrected chi connectivity index (χ4v) is 3.51. The molecule has 1 saturated heterocycles. The number of amides is 1. The van der Waals surface area contributed by atoms with Crippen LogP contribution in [0.3, 0.4) is 0 Å². The number of hydrogen-bond acceptors (Lipinski definition) is 6. The second kappa shape index (κ2) is 8.81. The molecule has 0 bridgehead atoms. The van der Waals surface area contributed by atoms with Crippen molar-refractivity contribution < 1.29 is 14.5 Å². The number of aryl methyl sites for hydroxylation is 1. The Morgan fingerprint density at radius 1 is 1.32 bits per heavy atom. The van der Waals surface area contributed by atoms with Gasteiger partial charge in [-0.1, -0.05) is 30.3 Å². The summed E-state index contributed by atoms with van der Waals surface area (Å²) in [5.41, 5.74) is 1.81. The van der Waals surface area contributed by atoms with Gasteiger partial charge < -0.3 is 15.4 Å². The van der Waals surface area contributed by atoms with E-state index in [2.05, 4.69) is 15.5 Å². The first-order chi connectivity index (χ1) is 13.5. The minimum absolute atomic E-state index is 0.0255. The SMILES string of the molecule is COc1ccccc1C1CNCCN1CC(=O)Nc1c(C)cccc1[N+](=O)[O-]. The highest BCUT2D eigenvalue weighted by Crippen LogP contribution is 2.31. The van der Waals surface area contributed by atoms with Gasteiger partial charge in [0, 0.05) is 31.3 Å². The summed E-state index contributed by atoms with van der Waals surface area (Å²) in [5, 5.41) is 17.4. The third-order valence-corrected chi connectivity index (χ3v) is 4.91. The number of hydrogen-bond donors (Lipinski definition) is 2. The lowest BCUT2D eigenvalue weighted by atomic mass is 10.0. The number of rotatable bonds is 6. The average Bonchev–Trinajstić information content (AvgIpc) is 2.69. The Hall–Kier alpha value is -2.97. The summed E-state index contributed by atoms with van der Waals surface area (Å²) in [6.45, 7) is 4.02. The summed E-state index contributed by atoms with van der Waals surface area (Å²) in [7, 11) is 1.63. The smallest absolute Gasteiger partial charge is 0.293 e. The largest absolute Gasteiger partial charge is 0.496 e. The standard InChI is InChI=1S/C20H24N4O4/c1-14-6-5-8-16(24(26)27)20(14)22-19(25)13-23-11-10-21-12-17(23)15-7-3-4-9-18(15)28-2/h3-9,17,21H,10-13H2,1-2H3,(H,22,25). The molecule has 1 unspecified atom stereocenters. The molecule has 0 radical (unpaired) electrons. The van der Waals surface area contributed by atoms with E-state index in [1.54, 1.807) is 26.2 Å². The van der Waals surface area contributed by atoms with Crippen LogP contribution in [0.2, 0.25) is 0 Å². The molecule has 0 saturated carbocycles. The van der Waals surface area contributed by atoms with Crippen LogP contribution in [0.15, 0.2) is 42.5 Å². The summed E-state index contributed by atoms with van der Waals surface area (Å²) in [6, 6.07) is 12.5. The van der Waals surface area contributed by atoms with Crippen LogP contribution in [0, 0.1) is 17.0 Å². The topological polar surface area (TPSA) is 96.7 Å². The first-order valence-electron chi connectivity index (χ1n) is 9.12. The Morgan fingerprint density at radius 3 is 2.86 bits per heavy atom. The second-order valence-corrected chi connectivity index (χ2v) is 6.71. The number of carbonyl (C=O) groups is 1. The maximum atomic E-state index is 12.7. The van der Waals surface area contributed by atoms with Gasteiger partial charge in [-0.2, -0.15) is 0 Å². The van der Waals surface area contributed by atoms with Crippen LogP contribution >= 0.6 is 0 Å². The zero-order valence-corrected chi connectivity index (χ0v) is 16.0. The van der Waals surface area contributed by atoms with Crippen LogP contribution in [-0.2, 0) is 4.79 Å². The summed E-state index contributed by atoms with van der Waals surface area (Å²) in [4.78, 5) is 25.6. The van der Waals surface area contributed by atoms with E-state index in [0.29, 0.717) is 18.7 Å². The predicted molar refractivity (Wildman–Crippen MR) is 107 cm³/mol. The Labute approximate surface area is 163 Å². The molecule has 148 valence electrons. The molecule has 0 spiro atoms. The van der Waals surface area contributed by atoms with Gasteiger partial charge in [-0.05, 0) is 18.6 Å². The van der Waals surface area contributed by atoms with Gasteiger partial charge in [-0.15, -0.1) is 0 Å². The van der Waals surface area contributed by atoms with Crippen LogP contribution < -0.4 is 15.4 Å². The van der Waals surface area contributed by atoms with E-state index in [1.165, 1.54) is 6.07 Å². The predicted octanol–water partition coefficient (Wildman–Crippen LogP) is 2.50. The Balaban J connectivity index is 1.78. The van der Waals surface area contributed by atoms with Gasteiger partial charge in [-0.25, -0.2) is 0 Å². The van der Waals surface area contributed by atoms with E-state index < -0.39 is 4.92 Å². The third kappa shape index (κ3) is 4.29. The maximum absolute atomic E-state index is 12.7. The van der Waals surface area contributed by atoms with Crippen molar-refractivity contribution in [1.29, 1.82) is 0 Å². The number of nitro groups is 1. The number of piperazine rings is 1. The average molecular weight is 384 g/mol. The molecule has 0 aliphatic carbocycles. The number of anilines is 1. The molecule has 3 rings (SSSR count).